The summed E-state index contributed by atoms with van der Waals surface area (Å²) in [5.74, 6) is 0.763. The summed E-state index contributed by atoms with van der Waals surface area (Å²) in [7, 11) is 0. The standard InChI is InChI=1S/C16H21F3N2/c1-11-9-21(15(8-20-11)13-4-5-13)10-12-2-6-14(7-3-12)16(17,18)19/h2-3,6-7,11,13,15,20H,4-5,8-10H2,1H3. The monoisotopic (exact) mass is 298 g/mol. The van der Waals surface area contributed by atoms with Crippen molar-refractivity contribution in [3.8, 4) is 0 Å². The highest BCUT2D eigenvalue weighted by atomic mass is 19.4. The summed E-state index contributed by atoms with van der Waals surface area (Å²) in [6, 6.07) is 6.57. The molecule has 1 aliphatic heterocycles. The molecule has 116 valence electrons. The van der Waals surface area contributed by atoms with Crippen LogP contribution in [-0.2, 0) is 12.7 Å². The van der Waals surface area contributed by atoms with Gasteiger partial charge in [-0.1, -0.05) is 12.1 Å². The Morgan fingerprint density at radius 2 is 1.86 bits per heavy atom. The van der Waals surface area contributed by atoms with Crippen LogP contribution in [-0.4, -0.2) is 30.1 Å². The molecule has 0 aromatic heterocycles. The third kappa shape index (κ3) is 3.58. The molecule has 0 bridgehead atoms. The van der Waals surface area contributed by atoms with E-state index >= 15 is 0 Å². The van der Waals surface area contributed by atoms with E-state index in [4.69, 9.17) is 0 Å². The van der Waals surface area contributed by atoms with Gasteiger partial charge in [-0.15, -0.1) is 0 Å². The zero-order valence-electron chi connectivity index (χ0n) is 12.2. The minimum atomic E-state index is -4.25. The van der Waals surface area contributed by atoms with Crippen LogP contribution in [0.5, 0.6) is 0 Å². The first-order chi connectivity index (χ1) is 9.93. The van der Waals surface area contributed by atoms with Crippen molar-refractivity contribution in [1.82, 2.24) is 10.2 Å². The van der Waals surface area contributed by atoms with Crippen molar-refractivity contribution < 1.29 is 13.2 Å². The van der Waals surface area contributed by atoms with E-state index in [-0.39, 0.29) is 0 Å². The van der Waals surface area contributed by atoms with Crippen molar-refractivity contribution in [2.45, 2.75) is 44.6 Å². The second kappa shape index (κ2) is 5.61. The molecule has 1 heterocycles. The Bertz CT molecular complexity index is 479. The van der Waals surface area contributed by atoms with E-state index < -0.39 is 11.7 Å². The zero-order chi connectivity index (χ0) is 15.0. The summed E-state index contributed by atoms with van der Waals surface area (Å²) in [4.78, 5) is 2.43. The smallest absolute Gasteiger partial charge is 0.311 e. The van der Waals surface area contributed by atoms with Crippen molar-refractivity contribution in [3.63, 3.8) is 0 Å². The maximum Gasteiger partial charge on any atom is 0.416 e. The maximum absolute atomic E-state index is 12.6. The number of nitrogens with zero attached hydrogens (tertiary/aromatic N) is 1. The van der Waals surface area contributed by atoms with Gasteiger partial charge in [-0.05, 0) is 43.4 Å². The van der Waals surface area contributed by atoms with Crippen LogP contribution in [0.15, 0.2) is 24.3 Å². The van der Waals surface area contributed by atoms with E-state index in [2.05, 4.69) is 17.1 Å². The number of hydrogen-bond donors (Lipinski definition) is 1. The van der Waals surface area contributed by atoms with Crippen LogP contribution >= 0.6 is 0 Å². The Morgan fingerprint density at radius 3 is 2.43 bits per heavy atom. The van der Waals surface area contributed by atoms with Gasteiger partial charge < -0.3 is 5.32 Å². The Morgan fingerprint density at radius 1 is 1.19 bits per heavy atom. The Balaban J connectivity index is 1.69. The third-order valence-electron chi connectivity index (χ3n) is 4.49. The minimum absolute atomic E-state index is 0.439. The summed E-state index contributed by atoms with van der Waals surface area (Å²) in [6.45, 7) is 4.85. The van der Waals surface area contributed by atoms with Crippen molar-refractivity contribution in [3.05, 3.63) is 35.4 Å². The van der Waals surface area contributed by atoms with Crippen LogP contribution in [0, 0.1) is 5.92 Å². The summed E-state index contributed by atoms with van der Waals surface area (Å²) >= 11 is 0. The Kier molecular flexibility index (Phi) is 3.97. The normalized spacial score (nSPS) is 27.8. The lowest BCUT2D eigenvalue weighted by Crippen LogP contribution is -2.55. The molecule has 1 N–H and O–H groups in total. The van der Waals surface area contributed by atoms with E-state index in [9.17, 15) is 13.2 Å². The van der Waals surface area contributed by atoms with Crippen molar-refractivity contribution >= 4 is 0 Å². The number of alkyl halides is 3. The molecule has 2 unspecified atom stereocenters. The largest absolute Gasteiger partial charge is 0.416 e. The molecular formula is C16H21F3N2. The lowest BCUT2D eigenvalue weighted by Gasteiger charge is -2.39. The predicted octanol–water partition coefficient (Wildman–Crippen LogP) is 3.28. The lowest BCUT2D eigenvalue weighted by molar-refractivity contribution is -0.137. The summed E-state index contributed by atoms with van der Waals surface area (Å²) in [6.07, 6.45) is -1.69. The van der Waals surface area contributed by atoms with Crippen molar-refractivity contribution in [2.75, 3.05) is 13.1 Å². The molecule has 21 heavy (non-hydrogen) atoms. The molecule has 1 saturated heterocycles. The molecule has 2 fully saturated rings. The van der Waals surface area contributed by atoms with E-state index in [1.165, 1.54) is 25.0 Å². The molecule has 3 rings (SSSR count). The number of rotatable bonds is 3. The number of halogens is 3. The van der Waals surface area contributed by atoms with Gasteiger partial charge >= 0.3 is 6.18 Å². The van der Waals surface area contributed by atoms with Gasteiger partial charge in [0.2, 0.25) is 0 Å². The lowest BCUT2D eigenvalue weighted by atomic mass is 10.0. The van der Waals surface area contributed by atoms with Gasteiger partial charge in [-0.3, -0.25) is 4.90 Å². The fourth-order valence-corrected chi connectivity index (χ4v) is 3.16. The average molecular weight is 298 g/mol. The molecular weight excluding hydrogens is 277 g/mol. The van der Waals surface area contributed by atoms with E-state index in [1.54, 1.807) is 12.1 Å². The molecule has 1 saturated carbocycles. The highest BCUT2D eigenvalue weighted by molar-refractivity contribution is 5.24. The molecule has 2 aliphatic rings. The number of piperazine rings is 1. The molecule has 1 aliphatic carbocycles. The molecule has 0 spiro atoms. The molecule has 2 atom stereocenters. The van der Waals surface area contributed by atoms with Gasteiger partial charge in [0.15, 0.2) is 0 Å². The van der Waals surface area contributed by atoms with Crippen LogP contribution in [0.4, 0.5) is 13.2 Å². The molecule has 0 radical (unpaired) electrons. The van der Waals surface area contributed by atoms with Crippen LogP contribution in [0.25, 0.3) is 0 Å². The van der Waals surface area contributed by atoms with Gasteiger partial charge in [0, 0.05) is 31.7 Å². The van der Waals surface area contributed by atoms with Gasteiger partial charge in [0.05, 0.1) is 5.56 Å². The molecule has 0 amide bonds. The first-order valence-electron chi connectivity index (χ1n) is 7.57. The topological polar surface area (TPSA) is 15.3 Å². The Labute approximate surface area is 123 Å². The third-order valence-corrected chi connectivity index (χ3v) is 4.49. The van der Waals surface area contributed by atoms with E-state index in [0.717, 1.165) is 31.1 Å². The highest BCUT2D eigenvalue weighted by Gasteiger charge is 2.38. The highest BCUT2D eigenvalue weighted by Crippen LogP contribution is 2.37. The molecule has 5 heteroatoms. The van der Waals surface area contributed by atoms with E-state index in [1.807, 2.05) is 0 Å². The maximum atomic E-state index is 12.6. The Hall–Kier alpha value is -1.07. The first-order valence-corrected chi connectivity index (χ1v) is 7.57. The number of hydrogen-bond acceptors (Lipinski definition) is 2. The minimum Gasteiger partial charge on any atom is -0.311 e. The predicted molar refractivity (Wildman–Crippen MR) is 75.8 cm³/mol. The zero-order valence-corrected chi connectivity index (χ0v) is 12.2. The summed E-state index contributed by atoms with van der Waals surface area (Å²) in [5.41, 5.74) is 0.390. The second-order valence-corrected chi connectivity index (χ2v) is 6.34. The second-order valence-electron chi connectivity index (χ2n) is 6.34. The van der Waals surface area contributed by atoms with Gasteiger partial charge in [0.25, 0.3) is 0 Å². The quantitative estimate of drug-likeness (QED) is 0.921. The summed E-state index contributed by atoms with van der Waals surface area (Å²) in [5, 5.41) is 3.51. The van der Waals surface area contributed by atoms with Crippen molar-refractivity contribution in [2.24, 2.45) is 5.92 Å². The number of nitrogens with one attached hydrogen (secondary N) is 1. The van der Waals surface area contributed by atoms with Crippen molar-refractivity contribution in [1.29, 1.82) is 0 Å². The number of benzene rings is 1. The van der Waals surface area contributed by atoms with Crippen LogP contribution in [0.2, 0.25) is 0 Å². The fraction of sp³-hybridized carbons (Fsp3) is 0.625. The van der Waals surface area contributed by atoms with Gasteiger partial charge in [0.1, 0.15) is 0 Å². The molecule has 1 aromatic rings. The fourth-order valence-electron chi connectivity index (χ4n) is 3.16. The van der Waals surface area contributed by atoms with Gasteiger partial charge in [-0.25, -0.2) is 0 Å². The van der Waals surface area contributed by atoms with E-state index in [0.29, 0.717) is 12.1 Å². The first kappa shape index (κ1) is 14.9. The average Bonchev–Trinajstić information content (AvgIpc) is 3.23. The van der Waals surface area contributed by atoms with Gasteiger partial charge in [-0.2, -0.15) is 13.2 Å². The molecule has 2 nitrogen and oxygen atoms in total. The van der Waals surface area contributed by atoms with Crippen LogP contribution in [0.1, 0.15) is 30.9 Å². The summed E-state index contributed by atoms with van der Waals surface area (Å²) < 4.78 is 37.8. The molecule has 1 aromatic carbocycles. The van der Waals surface area contributed by atoms with Crippen LogP contribution < -0.4 is 5.32 Å². The SMILES string of the molecule is CC1CN(Cc2ccc(C(F)(F)F)cc2)C(C2CC2)CN1. The van der Waals surface area contributed by atoms with Crippen LogP contribution in [0.3, 0.4) is 0 Å².